The van der Waals surface area contributed by atoms with Crippen LogP contribution in [0.4, 0.5) is 4.79 Å². The van der Waals surface area contributed by atoms with Crippen molar-refractivity contribution < 1.29 is 19.1 Å². The van der Waals surface area contributed by atoms with Crippen molar-refractivity contribution >= 4 is 12.1 Å². The van der Waals surface area contributed by atoms with E-state index in [1.807, 2.05) is 0 Å². The zero-order chi connectivity index (χ0) is 14.4. The summed E-state index contributed by atoms with van der Waals surface area (Å²) in [6.07, 6.45) is 5.04. The number of hydrogen-bond acceptors (Lipinski definition) is 4. The van der Waals surface area contributed by atoms with Crippen LogP contribution >= 0.6 is 0 Å². The van der Waals surface area contributed by atoms with Crippen molar-refractivity contribution in [2.75, 3.05) is 7.11 Å². The summed E-state index contributed by atoms with van der Waals surface area (Å²) < 4.78 is 9.82. The second-order valence-corrected chi connectivity index (χ2v) is 4.89. The van der Waals surface area contributed by atoms with Gasteiger partial charge in [0.05, 0.1) is 12.7 Å². The van der Waals surface area contributed by atoms with Gasteiger partial charge in [0.2, 0.25) is 0 Å². The van der Waals surface area contributed by atoms with Crippen molar-refractivity contribution in [1.82, 2.24) is 5.32 Å². The molecule has 1 aliphatic rings. The molecule has 0 radical (unpaired) electrons. The quantitative estimate of drug-likeness (QED) is 0.863. The second-order valence-electron chi connectivity index (χ2n) is 4.89. The third-order valence-electron chi connectivity index (χ3n) is 3.39. The highest BCUT2D eigenvalue weighted by atomic mass is 16.6. The fraction of sp³-hybridized carbons (Fsp3) is 0.467. The number of rotatable bonds is 3. The lowest BCUT2D eigenvalue weighted by atomic mass is 9.96. The maximum atomic E-state index is 11.8. The number of hydrogen-bond donors (Lipinski definition) is 1. The smallest absolute Gasteiger partial charge is 0.412 e. The lowest BCUT2D eigenvalue weighted by Crippen LogP contribution is -2.38. The molecule has 0 aliphatic heterocycles. The highest BCUT2D eigenvalue weighted by molar-refractivity contribution is 5.89. The summed E-state index contributed by atoms with van der Waals surface area (Å²) in [5.41, 5.74) is 0.357. The van der Waals surface area contributed by atoms with Gasteiger partial charge in [-0.2, -0.15) is 0 Å². The van der Waals surface area contributed by atoms with E-state index in [-0.39, 0.29) is 6.04 Å². The van der Waals surface area contributed by atoms with Crippen molar-refractivity contribution in [1.29, 1.82) is 0 Å². The van der Waals surface area contributed by atoms with E-state index in [2.05, 4.69) is 10.1 Å². The molecule has 0 saturated heterocycles. The molecule has 0 atom stereocenters. The number of esters is 1. The number of benzene rings is 1. The summed E-state index contributed by atoms with van der Waals surface area (Å²) in [6, 6.07) is 6.58. The molecule has 0 spiro atoms. The third-order valence-corrected chi connectivity index (χ3v) is 3.39. The number of amides is 1. The molecule has 1 fully saturated rings. The van der Waals surface area contributed by atoms with Gasteiger partial charge >= 0.3 is 12.1 Å². The molecular weight excluding hydrogens is 258 g/mol. The molecule has 1 N–H and O–H groups in total. The normalized spacial score (nSPS) is 15.4. The molecule has 0 heterocycles. The van der Waals surface area contributed by atoms with Gasteiger partial charge in [0.15, 0.2) is 0 Å². The van der Waals surface area contributed by atoms with Gasteiger partial charge < -0.3 is 14.8 Å². The number of ether oxygens (including phenoxy) is 2. The van der Waals surface area contributed by atoms with Crippen LogP contribution in [0, 0.1) is 0 Å². The fourth-order valence-corrected chi connectivity index (χ4v) is 2.35. The summed E-state index contributed by atoms with van der Waals surface area (Å²) in [5.74, 6) is -0.121. The Hall–Kier alpha value is -2.04. The summed E-state index contributed by atoms with van der Waals surface area (Å²) in [6.45, 7) is 0. The lowest BCUT2D eigenvalue weighted by Gasteiger charge is -2.22. The summed E-state index contributed by atoms with van der Waals surface area (Å²) in [4.78, 5) is 23.2. The molecule has 1 aromatic rings. The zero-order valence-corrected chi connectivity index (χ0v) is 11.6. The largest absolute Gasteiger partial charge is 0.465 e. The molecule has 0 bridgehead atoms. The van der Waals surface area contributed by atoms with Crippen molar-refractivity contribution in [2.24, 2.45) is 0 Å². The van der Waals surface area contributed by atoms with Gasteiger partial charge in [0.25, 0.3) is 0 Å². The van der Waals surface area contributed by atoms with Crippen LogP contribution in [0.3, 0.4) is 0 Å². The highest BCUT2D eigenvalue weighted by Gasteiger charge is 2.17. The van der Waals surface area contributed by atoms with Crippen LogP contribution in [0.5, 0.6) is 5.75 Å². The first-order chi connectivity index (χ1) is 9.69. The Morgan fingerprint density at radius 1 is 1.20 bits per heavy atom. The Morgan fingerprint density at radius 3 is 2.65 bits per heavy atom. The van der Waals surface area contributed by atoms with E-state index in [1.165, 1.54) is 19.6 Å². The van der Waals surface area contributed by atoms with Crippen LogP contribution in [-0.4, -0.2) is 25.2 Å². The monoisotopic (exact) mass is 277 g/mol. The number of nitrogens with one attached hydrogen (secondary N) is 1. The minimum Gasteiger partial charge on any atom is -0.465 e. The van der Waals surface area contributed by atoms with E-state index in [1.54, 1.807) is 18.2 Å². The minimum absolute atomic E-state index is 0.194. The van der Waals surface area contributed by atoms with Crippen LogP contribution in [0.25, 0.3) is 0 Å². The first-order valence-corrected chi connectivity index (χ1v) is 6.86. The molecule has 2 rings (SSSR count). The topological polar surface area (TPSA) is 64.6 Å². The molecule has 108 valence electrons. The zero-order valence-electron chi connectivity index (χ0n) is 11.6. The van der Waals surface area contributed by atoms with Crippen LogP contribution in [0.1, 0.15) is 42.5 Å². The molecule has 5 heteroatoms. The van der Waals surface area contributed by atoms with Crippen LogP contribution < -0.4 is 10.1 Å². The molecule has 0 unspecified atom stereocenters. The van der Waals surface area contributed by atoms with Crippen molar-refractivity contribution in [3.63, 3.8) is 0 Å². The Kier molecular flexibility index (Phi) is 4.98. The summed E-state index contributed by atoms with van der Waals surface area (Å²) in [5, 5.41) is 2.85. The summed E-state index contributed by atoms with van der Waals surface area (Å²) in [7, 11) is 1.31. The molecule has 1 aliphatic carbocycles. The molecule has 1 amide bonds. The van der Waals surface area contributed by atoms with E-state index >= 15 is 0 Å². The van der Waals surface area contributed by atoms with Crippen molar-refractivity contribution in [3.8, 4) is 5.75 Å². The van der Waals surface area contributed by atoms with E-state index in [4.69, 9.17) is 4.74 Å². The fourth-order valence-electron chi connectivity index (χ4n) is 2.35. The van der Waals surface area contributed by atoms with E-state index in [9.17, 15) is 9.59 Å². The van der Waals surface area contributed by atoms with E-state index < -0.39 is 12.1 Å². The van der Waals surface area contributed by atoms with E-state index in [0.717, 1.165) is 25.7 Å². The third kappa shape index (κ3) is 3.98. The van der Waals surface area contributed by atoms with Crippen molar-refractivity contribution in [3.05, 3.63) is 29.8 Å². The number of carbonyl (C=O) groups is 2. The first-order valence-electron chi connectivity index (χ1n) is 6.86. The van der Waals surface area contributed by atoms with Gasteiger partial charge in [-0.1, -0.05) is 25.3 Å². The average molecular weight is 277 g/mol. The van der Waals surface area contributed by atoms with Gasteiger partial charge in [0.1, 0.15) is 5.75 Å². The maximum Gasteiger partial charge on any atom is 0.412 e. The van der Waals surface area contributed by atoms with Crippen LogP contribution in [-0.2, 0) is 4.74 Å². The molecule has 1 saturated carbocycles. The van der Waals surface area contributed by atoms with Gasteiger partial charge in [-0.05, 0) is 31.0 Å². The summed E-state index contributed by atoms with van der Waals surface area (Å²) >= 11 is 0. The molecule has 20 heavy (non-hydrogen) atoms. The Bertz CT molecular complexity index is 481. The van der Waals surface area contributed by atoms with Gasteiger partial charge in [-0.3, -0.25) is 0 Å². The van der Waals surface area contributed by atoms with E-state index in [0.29, 0.717) is 11.3 Å². The first kappa shape index (κ1) is 14.4. The average Bonchev–Trinajstić information content (AvgIpc) is 2.47. The Balaban J connectivity index is 1.91. The lowest BCUT2D eigenvalue weighted by molar-refractivity contribution is 0.0600. The maximum absolute atomic E-state index is 11.8. The van der Waals surface area contributed by atoms with Crippen LogP contribution in [0.2, 0.25) is 0 Å². The molecular formula is C15H19NO4. The van der Waals surface area contributed by atoms with Gasteiger partial charge in [0, 0.05) is 6.04 Å². The van der Waals surface area contributed by atoms with Gasteiger partial charge in [-0.15, -0.1) is 0 Å². The predicted molar refractivity (Wildman–Crippen MR) is 73.8 cm³/mol. The molecule has 0 aromatic heterocycles. The minimum atomic E-state index is -0.473. The van der Waals surface area contributed by atoms with Gasteiger partial charge in [-0.25, -0.2) is 9.59 Å². The number of carbonyl (C=O) groups excluding carboxylic acids is 2. The van der Waals surface area contributed by atoms with Crippen LogP contribution in [0.15, 0.2) is 24.3 Å². The number of methoxy groups -OCH3 is 1. The SMILES string of the molecule is COC(=O)c1cccc(OC(=O)NC2CCCCC2)c1. The Morgan fingerprint density at radius 2 is 1.95 bits per heavy atom. The standard InChI is InChI=1S/C15H19NO4/c1-19-14(17)11-6-5-9-13(10-11)20-15(18)16-12-7-3-2-4-8-12/h5-6,9-10,12H,2-4,7-8H2,1H3,(H,16,18). The highest BCUT2D eigenvalue weighted by Crippen LogP contribution is 2.18. The molecule has 1 aromatic carbocycles. The molecule has 5 nitrogen and oxygen atoms in total. The second kappa shape index (κ2) is 6.93. The van der Waals surface area contributed by atoms with Crippen molar-refractivity contribution in [2.45, 2.75) is 38.1 Å². The predicted octanol–water partition coefficient (Wildman–Crippen LogP) is 2.89. The Labute approximate surface area is 118 Å².